The van der Waals surface area contributed by atoms with Crippen molar-refractivity contribution in [2.24, 2.45) is 5.92 Å². The Morgan fingerprint density at radius 2 is 1.43 bits per heavy atom. The molecule has 2 atom stereocenters. The maximum atomic E-state index is 13.4. The number of ketones is 1. The lowest BCUT2D eigenvalue weighted by molar-refractivity contribution is 0.0505. The molecule has 6 rings (SSSR count). The van der Waals surface area contributed by atoms with Gasteiger partial charge in [-0.1, -0.05) is 66.7 Å². The molecule has 0 radical (unpaired) electrons. The van der Waals surface area contributed by atoms with E-state index in [1.54, 1.807) is 0 Å². The molecule has 0 N–H and O–H groups in total. The van der Waals surface area contributed by atoms with E-state index in [0.29, 0.717) is 6.61 Å². The largest absolute Gasteiger partial charge is 0.448 e. The molecular weight excluding hydrogens is 434 g/mol. The van der Waals surface area contributed by atoms with Crippen molar-refractivity contribution >= 4 is 11.9 Å². The zero-order valence-corrected chi connectivity index (χ0v) is 20.4. The Balaban J connectivity index is 1.15. The Morgan fingerprint density at radius 1 is 0.829 bits per heavy atom. The quantitative estimate of drug-likeness (QED) is 0.404. The molecule has 4 nitrogen and oxygen atoms in total. The number of piperidine rings is 1. The van der Waals surface area contributed by atoms with Crippen LogP contribution in [-0.2, 0) is 4.74 Å². The van der Waals surface area contributed by atoms with E-state index in [9.17, 15) is 9.59 Å². The van der Waals surface area contributed by atoms with Crippen molar-refractivity contribution in [2.75, 3.05) is 6.61 Å². The third-order valence-electron chi connectivity index (χ3n) is 8.52. The van der Waals surface area contributed by atoms with Crippen molar-refractivity contribution in [3.8, 4) is 11.1 Å². The second-order valence-electron chi connectivity index (χ2n) is 10.4. The van der Waals surface area contributed by atoms with Gasteiger partial charge in [-0.2, -0.15) is 0 Å². The maximum Gasteiger partial charge on any atom is 0.410 e. The first-order valence-electron chi connectivity index (χ1n) is 12.8. The summed E-state index contributed by atoms with van der Waals surface area (Å²) < 4.78 is 5.98. The number of benzene rings is 3. The van der Waals surface area contributed by atoms with E-state index in [1.165, 1.54) is 22.3 Å². The number of rotatable bonds is 4. The van der Waals surface area contributed by atoms with Crippen molar-refractivity contribution in [1.29, 1.82) is 0 Å². The Morgan fingerprint density at radius 3 is 2.06 bits per heavy atom. The molecule has 3 aromatic carbocycles. The van der Waals surface area contributed by atoms with Crippen molar-refractivity contribution in [3.05, 3.63) is 94.5 Å². The highest BCUT2D eigenvalue weighted by atomic mass is 16.6. The predicted octanol–water partition coefficient (Wildman–Crippen LogP) is 6.68. The van der Waals surface area contributed by atoms with Crippen LogP contribution in [0.1, 0.15) is 64.2 Å². The molecule has 3 aromatic rings. The second-order valence-corrected chi connectivity index (χ2v) is 10.4. The molecule has 2 heterocycles. The molecular formula is C31H31NO3. The normalized spacial score (nSPS) is 22.6. The fraction of sp³-hybridized carbons (Fsp3) is 0.355. The van der Waals surface area contributed by atoms with Gasteiger partial charge in [0.2, 0.25) is 0 Å². The van der Waals surface area contributed by atoms with Gasteiger partial charge in [-0.05, 0) is 72.9 Å². The van der Waals surface area contributed by atoms with E-state index in [1.807, 2.05) is 24.0 Å². The smallest absolute Gasteiger partial charge is 0.410 e. The van der Waals surface area contributed by atoms with Crippen LogP contribution in [0.15, 0.2) is 66.7 Å². The number of hydrogen-bond acceptors (Lipinski definition) is 3. The fourth-order valence-corrected chi connectivity index (χ4v) is 6.60. The van der Waals surface area contributed by atoms with Gasteiger partial charge in [0.05, 0.1) is 0 Å². The first-order chi connectivity index (χ1) is 17.0. The Kier molecular flexibility index (Phi) is 5.47. The van der Waals surface area contributed by atoms with E-state index in [4.69, 9.17) is 4.74 Å². The number of Topliss-reactive ketones (excluding diaryl/α,β-unsaturated/α-hetero) is 1. The second kappa shape index (κ2) is 8.67. The monoisotopic (exact) mass is 465 g/mol. The standard InChI is InChI=1S/C31H31NO3/c1-19-8-7-13-24(20(19)2)30(33)21-16-22-14-15-23(17-21)32(22)31(34)35-18-29-27-11-5-3-9-25(27)26-10-4-6-12-28(26)29/h3-13,21-23,29H,14-18H2,1-2H3. The lowest BCUT2D eigenvalue weighted by atomic mass is 9.83. The topological polar surface area (TPSA) is 46.6 Å². The third kappa shape index (κ3) is 3.67. The van der Waals surface area contributed by atoms with Crippen LogP contribution >= 0.6 is 0 Å². The van der Waals surface area contributed by atoms with Crippen LogP contribution in [0.25, 0.3) is 11.1 Å². The first kappa shape index (κ1) is 22.1. The van der Waals surface area contributed by atoms with Crippen LogP contribution < -0.4 is 0 Å². The SMILES string of the molecule is Cc1cccc(C(=O)C2CC3CCC(C2)N3C(=O)OCC2c3ccccc3-c3ccccc32)c1C. The van der Waals surface area contributed by atoms with Crippen molar-refractivity contribution in [2.45, 2.75) is 57.5 Å². The molecule has 4 heteroatoms. The summed E-state index contributed by atoms with van der Waals surface area (Å²) >= 11 is 0. The van der Waals surface area contributed by atoms with E-state index in [0.717, 1.165) is 42.4 Å². The molecule has 178 valence electrons. The Hall–Kier alpha value is -3.40. The molecule has 2 unspecified atom stereocenters. The van der Waals surface area contributed by atoms with E-state index in [-0.39, 0.29) is 35.8 Å². The van der Waals surface area contributed by atoms with Crippen LogP contribution in [-0.4, -0.2) is 35.5 Å². The minimum atomic E-state index is -0.225. The number of hydrogen-bond donors (Lipinski definition) is 0. The summed E-state index contributed by atoms with van der Waals surface area (Å²) in [5, 5.41) is 0. The van der Waals surface area contributed by atoms with Crippen molar-refractivity contribution in [1.82, 2.24) is 4.90 Å². The summed E-state index contributed by atoms with van der Waals surface area (Å²) in [6.45, 7) is 4.42. The average Bonchev–Trinajstić information content (AvgIpc) is 3.34. The summed E-state index contributed by atoms with van der Waals surface area (Å²) in [4.78, 5) is 28.6. The van der Waals surface area contributed by atoms with Crippen molar-refractivity contribution in [3.63, 3.8) is 0 Å². The van der Waals surface area contributed by atoms with Gasteiger partial charge in [0, 0.05) is 29.5 Å². The summed E-state index contributed by atoms with van der Waals surface area (Å²) in [7, 11) is 0. The highest BCUT2D eigenvalue weighted by molar-refractivity contribution is 5.99. The van der Waals surface area contributed by atoms with E-state index in [2.05, 4.69) is 61.5 Å². The summed E-state index contributed by atoms with van der Waals surface area (Å²) in [5.41, 5.74) is 7.97. The number of nitrogens with zero attached hydrogens (tertiary/aromatic N) is 1. The summed E-state index contributed by atoms with van der Waals surface area (Å²) in [6.07, 6.45) is 3.13. The molecule has 0 aromatic heterocycles. The highest BCUT2D eigenvalue weighted by Crippen LogP contribution is 2.45. The summed E-state index contributed by atoms with van der Waals surface area (Å²) in [6, 6.07) is 22.9. The van der Waals surface area contributed by atoms with E-state index >= 15 is 0 Å². The molecule has 3 aliphatic rings. The number of carbonyl (C=O) groups is 2. The summed E-state index contributed by atoms with van der Waals surface area (Å²) in [5.74, 6) is 0.272. The van der Waals surface area contributed by atoms with Crippen LogP contribution in [0.4, 0.5) is 4.79 Å². The fourth-order valence-electron chi connectivity index (χ4n) is 6.60. The molecule has 2 aliphatic heterocycles. The van der Waals surface area contributed by atoms with Crippen LogP contribution in [0, 0.1) is 19.8 Å². The zero-order chi connectivity index (χ0) is 24.1. The molecule has 0 spiro atoms. The number of amides is 1. The number of aryl methyl sites for hydroxylation is 1. The van der Waals surface area contributed by atoms with Gasteiger partial charge in [-0.25, -0.2) is 4.79 Å². The minimum absolute atomic E-state index is 0.0226. The van der Waals surface area contributed by atoms with Gasteiger partial charge in [-0.3, -0.25) is 4.79 Å². The van der Waals surface area contributed by atoms with Gasteiger partial charge < -0.3 is 9.64 Å². The Labute approximate surface area is 206 Å². The lowest BCUT2D eigenvalue weighted by Crippen LogP contribution is -2.48. The lowest BCUT2D eigenvalue weighted by Gasteiger charge is -2.38. The van der Waals surface area contributed by atoms with Crippen molar-refractivity contribution < 1.29 is 14.3 Å². The molecule has 2 fully saturated rings. The molecule has 0 saturated carbocycles. The van der Waals surface area contributed by atoms with Gasteiger partial charge in [0.25, 0.3) is 0 Å². The molecule has 35 heavy (non-hydrogen) atoms. The van der Waals surface area contributed by atoms with Gasteiger partial charge >= 0.3 is 6.09 Å². The zero-order valence-electron chi connectivity index (χ0n) is 20.4. The maximum absolute atomic E-state index is 13.4. The number of fused-ring (bicyclic) bond motifs is 5. The third-order valence-corrected chi connectivity index (χ3v) is 8.52. The number of carbonyl (C=O) groups excluding carboxylic acids is 2. The first-order valence-corrected chi connectivity index (χ1v) is 12.8. The number of ether oxygens (including phenoxy) is 1. The van der Waals surface area contributed by atoms with Gasteiger partial charge in [-0.15, -0.1) is 0 Å². The predicted molar refractivity (Wildman–Crippen MR) is 137 cm³/mol. The van der Waals surface area contributed by atoms with E-state index < -0.39 is 0 Å². The van der Waals surface area contributed by atoms with Crippen LogP contribution in [0.3, 0.4) is 0 Å². The van der Waals surface area contributed by atoms with Crippen LogP contribution in [0.5, 0.6) is 0 Å². The molecule has 1 amide bonds. The molecule has 2 bridgehead atoms. The van der Waals surface area contributed by atoms with Gasteiger partial charge in [0.15, 0.2) is 5.78 Å². The minimum Gasteiger partial charge on any atom is -0.448 e. The average molecular weight is 466 g/mol. The molecule has 1 aliphatic carbocycles. The van der Waals surface area contributed by atoms with Gasteiger partial charge in [0.1, 0.15) is 6.61 Å². The molecule has 2 saturated heterocycles. The Bertz CT molecular complexity index is 1250. The van der Waals surface area contributed by atoms with Crippen LogP contribution in [0.2, 0.25) is 0 Å². The highest BCUT2D eigenvalue weighted by Gasteiger charge is 2.46.